The molecule has 2 aromatic rings. The van der Waals surface area contributed by atoms with Gasteiger partial charge < -0.3 is 4.90 Å². The minimum atomic E-state index is 0.121. The Bertz CT molecular complexity index is 650. The lowest BCUT2D eigenvalue weighted by Gasteiger charge is -2.34. The van der Waals surface area contributed by atoms with Crippen molar-refractivity contribution in [1.82, 2.24) is 24.8 Å². The molecule has 0 aromatic carbocycles. The SMILES string of the molecule is CC(C)c1ncsc1C(=O)N1CCN(Cc2cnccn2)CC1. The van der Waals surface area contributed by atoms with Gasteiger partial charge in [0.25, 0.3) is 5.91 Å². The molecule has 122 valence electrons. The maximum atomic E-state index is 12.7. The molecular formula is C16H21N5OS. The lowest BCUT2D eigenvalue weighted by molar-refractivity contribution is 0.0630. The minimum Gasteiger partial charge on any atom is -0.335 e. The zero-order chi connectivity index (χ0) is 16.2. The fourth-order valence-corrected chi connectivity index (χ4v) is 3.63. The Morgan fingerprint density at radius 2 is 2.00 bits per heavy atom. The Morgan fingerprint density at radius 3 is 2.65 bits per heavy atom. The molecule has 1 amide bonds. The molecule has 0 spiro atoms. The second-order valence-corrected chi connectivity index (χ2v) is 6.84. The quantitative estimate of drug-likeness (QED) is 0.858. The summed E-state index contributed by atoms with van der Waals surface area (Å²) in [5.74, 6) is 0.397. The molecule has 0 atom stereocenters. The highest BCUT2D eigenvalue weighted by Crippen LogP contribution is 2.23. The van der Waals surface area contributed by atoms with E-state index in [0.29, 0.717) is 0 Å². The van der Waals surface area contributed by atoms with Crippen molar-refractivity contribution in [2.24, 2.45) is 0 Å². The average Bonchev–Trinajstić information content (AvgIpc) is 3.06. The number of rotatable bonds is 4. The number of carbonyl (C=O) groups excluding carboxylic acids is 1. The molecule has 0 unspecified atom stereocenters. The molecule has 1 aliphatic heterocycles. The summed E-state index contributed by atoms with van der Waals surface area (Å²) in [5, 5.41) is 0. The van der Waals surface area contributed by atoms with Crippen LogP contribution >= 0.6 is 11.3 Å². The molecule has 0 radical (unpaired) electrons. The Balaban J connectivity index is 1.58. The van der Waals surface area contributed by atoms with Crippen LogP contribution in [0.3, 0.4) is 0 Å². The molecule has 3 rings (SSSR count). The third kappa shape index (κ3) is 3.73. The van der Waals surface area contributed by atoms with Gasteiger partial charge in [0, 0.05) is 51.3 Å². The van der Waals surface area contributed by atoms with Crippen LogP contribution in [0.5, 0.6) is 0 Å². The molecule has 3 heterocycles. The highest BCUT2D eigenvalue weighted by molar-refractivity contribution is 7.11. The summed E-state index contributed by atoms with van der Waals surface area (Å²) in [6.45, 7) is 8.14. The maximum Gasteiger partial charge on any atom is 0.265 e. The van der Waals surface area contributed by atoms with Gasteiger partial charge in [-0.1, -0.05) is 13.8 Å². The first-order chi connectivity index (χ1) is 11.1. The molecule has 0 bridgehead atoms. The van der Waals surface area contributed by atoms with E-state index < -0.39 is 0 Å². The van der Waals surface area contributed by atoms with E-state index in [0.717, 1.165) is 49.0 Å². The van der Waals surface area contributed by atoms with Crippen molar-refractivity contribution in [2.75, 3.05) is 26.2 Å². The fraction of sp³-hybridized carbons (Fsp3) is 0.500. The van der Waals surface area contributed by atoms with Gasteiger partial charge in [0.2, 0.25) is 0 Å². The average molecular weight is 331 g/mol. The fourth-order valence-electron chi connectivity index (χ4n) is 2.72. The van der Waals surface area contributed by atoms with E-state index in [9.17, 15) is 4.79 Å². The Morgan fingerprint density at radius 1 is 1.22 bits per heavy atom. The minimum absolute atomic E-state index is 0.121. The number of piperazine rings is 1. The second kappa shape index (κ2) is 7.14. The molecule has 6 nitrogen and oxygen atoms in total. The summed E-state index contributed by atoms with van der Waals surface area (Å²) in [5.41, 5.74) is 3.66. The molecule has 1 saturated heterocycles. The van der Waals surface area contributed by atoms with E-state index >= 15 is 0 Å². The molecule has 23 heavy (non-hydrogen) atoms. The first kappa shape index (κ1) is 16.0. The van der Waals surface area contributed by atoms with Crippen molar-refractivity contribution in [1.29, 1.82) is 0 Å². The van der Waals surface area contributed by atoms with Crippen LogP contribution in [0, 0.1) is 0 Å². The van der Waals surface area contributed by atoms with Crippen LogP contribution in [0.4, 0.5) is 0 Å². The largest absolute Gasteiger partial charge is 0.335 e. The molecule has 0 aliphatic carbocycles. The number of thiazole rings is 1. The van der Waals surface area contributed by atoms with E-state index in [2.05, 4.69) is 33.7 Å². The molecule has 7 heteroatoms. The van der Waals surface area contributed by atoms with Crippen LogP contribution in [-0.2, 0) is 6.54 Å². The van der Waals surface area contributed by atoms with Crippen LogP contribution in [0.1, 0.15) is 40.8 Å². The first-order valence-electron chi connectivity index (χ1n) is 7.85. The Kier molecular flexibility index (Phi) is 4.97. The zero-order valence-corrected chi connectivity index (χ0v) is 14.3. The summed E-state index contributed by atoms with van der Waals surface area (Å²) in [6, 6.07) is 0. The van der Waals surface area contributed by atoms with Crippen molar-refractivity contribution in [2.45, 2.75) is 26.3 Å². The van der Waals surface area contributed by atoms with Crippen LogP contribution in [-0.4, -0.2) is 56.8 Å². The van der Waals surface area contributed by atoms with Crippen molar-refractivity contribution < 1.29 is 4.79 Å². The topological polar surface area (TPSA) is 62.2 Å². The summed E-state index contributed by atoms with van der Waals surface area (Å²) in [4.78, 5) is 30.5. The van der Waals surface area contributed by atoms with Crippen LogP contribution in [0.25, 0.3) is 0 Å². The third-order valence-corrected chi connectivity index (χ3v) is 4.83. The summed E-state index contributed by atoms with van der Waals surface area (Å²) < 4.78 is 0. The standard InChI is InChI=1S/C16H21N5OS/c1-12(2)14-15(23-11-19-14)16(22)21-7-5-20(6-8-21)10-13-9-17-3-4-18-13/h3-4,9,11-12H,5-8,10H2,1-2H3. The monoisotopic (exact) mass is 331 g/mol. The van der Waals surface area contributed by atoms with Crippen molar-refractivity contribution in [3.05, 3.63) is 40.4 Å². The van der Waals surface area contributed by atoms with Gasteiger partial charge in [0.05, 0.1) is 16.9 Å². The predicted octanol–water partition coefficient (Wildman–Crippen LogP) is 2.01. The van der Waals surface area contributed by atoms with Crippen molar-refractivity contribution in [3.8, 4) is 0 Å². The summed E-state index contributed by atoms with van der Waals surface area (Å²) in [6.07, 6.45) is 5.19. The highest BCUT2D eigenvalue weighted by Gasteiger charge is 2.26. The predicted molar refractivity (Wildman–Crippen MR) is 89.4 cm³/mol. The first-order valence-corrected chi connectivity index (χ1v) is 8.73. The molecule has 0 saturated carbocycles. The van der Waals surface area contributed by atoms with E-state index in [1.165, 1.54) is 11.3 Å². The maximum absolute atomic E-state index is 12.7. The van der Waals surface area contributed by atoms with E-state index in [1.54, 1.807) is 24.1 Å². The number of nitrogens with zero attached hydrogens (tertiary/aromatic N) is 5. The van der Waals surface area contributed by atoms with Gasteiger partial charge in [-0.2, -0.15) is 0 Å². The molecule has 2 aromatic heterocycles. The van der Waals surface area contributed by atoms with Gasteiger partial charge in [-0.15, -0.1) is 11.3 Å². The normalized spacial score (nSPS) is 16.0. The molecule has 0 N–H and O–H groups in total. The van der Waals surface area contributed by atoms with Gasteiger partial charge in [0.1, 0.15) is 4.88 Å². The number of aromatic nitrogens is 3. The smallest absolute Gasteiger partial charge is 0.265 e. The lowest BCUT2D eigenvalue weighted by Crippen LogP contribution is -2.48. The van der Waals surface area contributed by atoms with Crippen LogP contribution < -0.4 is 0 Å². The van der Waals surface area contributed by atoms with Gasteiger partial charge in [0.15, 0.2) is 0 Å². The number of amides is 1. The van der Waals surface area contributed by atoms with Gasteiger partial charge in [-0.3, -0.25) is 19.7 Å². The Labute approximate surface area is 140 Å². The zero-order valence-electron chi connectivity index (χ0n) is 13.5. The van der Waals surface area contributed by atoms with Gasteiger partial charge in [-0.05, 0) is 5.92 Å². The van der Waals surface area contributed by atoms with Crippen LogP contribution in [0.15, 0.2) is 24.1 Å². The number of hydrogen-bond acceptors (Lipinski definition) is 6. The van der Waals surface area contributed by atoms with Gasteiger partial charge >= 0.3 is 0 Å². The number of carbonyl (C=O) groups is 1. The highest BCUT2D eigenvalue weighted by atomic mass is 32.1. The third-order valence-electron chi connectivity index (χ3n) is 4.00. The Hall–Kier alpha value is -1.86. The summed E-state index contributed by atoms with van der Waals surface area (Å²) >= 11 is 1.45. The molecule has 1 aliphatic rings. The number of hydrogen-bond donors (Lipinski definition) is 0. The van der Waals surface area contributed by atoms with E-state index in [4.69, 9.17) is 0 Å². The molecule has 1 fully saturated rings. The van der Waals surface area contributed by atoms with Crippen LogP contribution in [0.2, 0.25) is 0 Å². The lowest BCUT2D eigenvalue weighted by atomic mass is 10.1. The van der Waals surface area contributed by atoms with Gasteiger partial charge in [-0.25, -0.2) is 4.98 Å². The van der Waals surface area contributed by atoms with Crippen molar-refractivity contribution >= 4 is 17.2 Å². The van der Waals surface area contributed by atoms with E-state index in [1.807, 2.05) is 4.90 Å². The summed E-state index contributed by atoms with van der Waals surface area (Å²) in [7, 11) is 0. The molecular weight excluding hydrogens is 310 g/mol. The van der Waals surface area contributed by atoms with Crippen molar-refractivity contribution in [3.63, 3.8) is 0 Å². The second-order valence-electron chi connectivity index (χ2n) is 5.99. The van der Waals surface area contributed by atoms with E-state index in [-0.39, 0.29) is 11.8 Å².